The van der Waals surface area contributed by atoms with Gasteiger partial charge in [-0.15, -0.1) is 5.10 Å². The molecule has 2 heterocycles. The number of rotatable bonds is 4. The average Bonchev–Trinajstić information content (AvgIpc) is 2.47. The maximum absolute atomic E-state index is 12.1. The molecular formula is C13H19N5O3. The summed E-state index contributed by atoms with van der Waals surface area (Å²) in [6, 6.07) is -0.268. The van der Waals surface area contributed by atoms with Crippen molar-refractivity contribution >= 4 is 17.9 Å². The molecule has 2 atom stereocenters. The molecule has 1 aliphatic heterocycles. The summed E-state index contributed by atoms with van der Waals surface area (Å²) in [4.78, 5) is 28.5. The predicted octanol–water partition coefficient (Wildman–Crippen LogP) is 1.23. The molecule has 1 fully saturated rings. The highest BCUT2D eigenvalue weighted by atomic mass is 16.4. The van der Waals surface area contributed by atoms with Gasteiger partial charge in [-0.3, -0.25) is 10.1 Å². The highest BCUT2D eigenvalue weighted by molar-refractivity contribution is 5.87. The molecule has 8 nitrogen and oxygen atoms in total. The van der Waals surface area contributed by atoms with E-state index < -0.39 is 5.97 Å². The van der Waals surface area contributed by atoms with Gasteiger partial charge in [-0.2, -0.15) is 5.10 Å². The minimum absolute atomic E-state index is 0.0488. The molecule has 2 rings (SSSR count). The number of nitrogens with one attached hydrogen (secondary N) is 1. The van der Waals surface area contributed by atoms with Crippen LogP contribution in [0.1, 0.15) is 26.2 Å². The van der Waals surface area contributed by atoms with Crippen LogP contribution in [0.25, 0.3) is 0 Å². The van der Waals surface area contributed by atoms with Crippen molar-refractivity contribution in [1.29, 1.82) is 0 Å². The minimum Gasteiger partial charge on any atom is -0.481 e. The molecule has 0 radical (unpaired) electrons. The van der Waals surface area contributed by atoms with Crippen LogP contribution in [-0.2, 0) is 4.79 Å². The number of amides is 2. The molecule has 0 saturated carbocycles. The third-order valence-corrected chi connectivity index (χ3v) is 3.75. The number of urea groups is 1. The first-order valence-corrected chi connectivity index (χ1v) is 6.97. The third kappa shape index (κ3) is 4.37. The summed E-state index contributed by atoms with van der Waals surface area (Å²) in [6.45, 7) is 3.13. The molecule has 1 aromatic rings. The smallest absolute Gasteiger partial charge is 0.324 e. The Morgan fingerprint density at radius 1 is 1.52 bits per heavy atom. The summed E-state index contributed by atoms with van der Waals surface area (Å²) in [5, 5.41) is 18.8. The van der Waals surface area contributed by atoms with Gasteiger partial charge >= 0.3 is 12.0 Å². The summed E-state index contributed by atoms with van der Waals surface area (Å²) < 4.78 is 0. The maximum atomic E-state index is 12.1. The first-order valence-electron chi connectivity index (χ1n) is 6.97. The van der Waals surface area contributed by atoms with E-state index in [0.717, 1.165) is 12.8 Å². The van der Waals surface area contributed by atoms with Crippen molar-refractivity contribution in [3.05, 3.63) is 12.4 Å². The molecule has 0 spiro atoms. The van der Waals surface area contributed by atoms with Crippen LogP contribution in [0.3, 0.4) is 0 Å². The Morgan fingerprint density at radius 3 is 3.00 bits per heavy atom. The number of nitrogens with zero attached hydrogens (tertiary/aromatic N) is 4. The average molecular weight is 293 g/mol. The molecule has 21 heavy (non-hydrogen) atoms. The van der Waals surface area contributed by atoms with Gasteiger partial charge in [0.15, 0.2) is 0 Å². The number of anilines is 1. The van der Waals surface area contributed by atoms with E-state index in [-0.39, 0.29) is 30.2 Å². The molecule has 1 aliphatic rings. The molecule has 0 aliphatic carbocycles. The number of aromatic nitrogens is 3. The Hall–Kier alpha value is -2.25. The number of carboxylic acids is 1. The van der Waals surface area contributed by atoms with Gasteiger partial charge in [0.2, 0.25) is 0 Å². The van der Waals surface area contributed by atoms with Crippen molar-refractivity contribution in [3.8, 4) is 0 Å². The summed E-state index contributed by atoms with van der Waals surface area (Å²) >= 11 is 0. The van der Waals surface area contributed by atoms with E-state index in [0.29, 0.717) is 13.1 Å². The molecule has 2 unspecified atom stereocenters. The SMILES string of the molecule is CC(CC(=O)O)C1CCCN(C(=O)Nc2nccnn2)C1. The van der Waals surface area contributed by atoms with Crippen molar-refractivity contribution in [2.45, 2.75) is 26.2 Å². The first kappa shape index (κ1) is 15.1. The summed E-state index contributed by atoms with van der Waals surface area (Å²) in [6.07, 6.45) is 4.83. The number of hydrogen-bond acceptors (Lipinski definition) is 5. The van der Waals surface area contributed by atoms with Gasteiger partial charge in [0.1, 0.15) is 0 Å². The summed E-state index contributed by atoms with van der Waals surface area (Å²) in [5.41, 5.74) is 0. The van der Waals surface area contributed by atoms with Crippen LogP contribution in [0.5, 0.6) is 0 Å². The number of carbonyl (C=O) groups is 2. The number of piperidine rings is 1. The van der Waals surface area contributed by atoms with Gasteiger partial charge in [-0.05, 0) is 24.7 Å². The van der Waals surface area contributed by atoms with E-state index in [4.69, 9.17) is 5.11 Å². The number of aliphatic carboxylic acids is 1. The fraction of sp³-hybridized carbons (Fsp3) is 0.615. The topological polar surface area (TPSA) is 108 Å². The summed E-state index contributed by atoms with van der Waals surface area (Å²) in [5.74, 6) is -0.376. The van der Waals surface area contributed by atoms with Crippen LogP contribution in [0.2, 0.25) is 0 Å². The summed E-state index contributed by atoms with van der Waals surface area (Å²) in [7, 11) is 0. The lowest BCUT2D eigenvalue weighted by atomic mass is 9.85. The Labute approximate surface area is 122 Å². The molecular weight excluding hydrogens is 274 g/mol. The lowest BCUT2D eigenvalue weighted by Gasteiger charge is -2.35. The van der Waals surface area contributed by atoms with Gasteiger partial charge in [0.25, 0.3) is 5.95 Å². The minimum atomic E-state index is -0.798. The molecule has 0 bridgehead atoms. The van der Waals surface area contributed by atoms with Crippen LogP contribution < -0.4 is 5.32 Å². The Bertz CT molecular complexity index is 496. The third-order valence-electron chi connectivity index (χ3n) is 3.75. The van der Waals surface area contributed by atoms with E-state index in [2.05, 4.69) is 20.5 Å². The fourth-order valence-electron chi connectivity index (χ4n) is 2.58. The van der Waals surface area contributed by atoms with Crippen LogP contribution in [0.15, 0.2) is 12.4 Å². The van der Waals surface area contributed by atoms with Gasteiger partial charge in [-0.25, -0.2) is 9.78 Å². The van der Waals surface area contributed by atoms with Crippen LogP contribution in [0, 0.1) is 11.8 Å². The molecule has 1 saturated heterocycles. The van der Waals surface area contributed by atoms with E-state index in [1.54, 1.807) is 4.90 Å². The standard InChI is InChI=1S/C13H19N5O3/c1-9(7-11(19)20)10-3-2-6-18(8-10)13(21)16-12-14-4-5-15-17-12/h4-5,9-10H,2-3,6-8H2,1H3,(H,19,20)(H,14,16,17,21). The highest BCUT2D eigenvalue weighted by Gasteiger charge is 2.28. The van der Waals surface area contributed by atoms with Gasteiger partial charge < -0.3 is 10.0 Å². The predicted molar refractivity (Wildman–Crippen MR) is 74.6 cm³/mol. The molecule has 2 amide bonds. The highest BCUT2D eigenvalue weighted by Crippen LogP contribution is 2.26. The second-order valence-electron chi connectivity index (χ2n) is 5.32. The zero-order valence-electron chi connectivity index (χ0n) is 11.9. The van der Waals surface area contributed by atoms with E-state index in [1.165, 1.54) is 12.4 Å². The molecule has 114 valence electrons. The van der Waals surface area contributed by atoms with E-state index in [9.17, 15) is 9.59 Å². The lowest BCUT2D eigenvalue weighted by molar-refractivity contribution is -0.138. The van der Waals surface area contributed by atoms with Gasteiger partial charge in [-0.1, -0.05) is 6.92 Å². The Kier molecular flexibility index (Phi) is 5.02. The van der Waals surface area contributed by atoms with Crippen molar-refractivity contribution < 1.29 is 14.7 Å². The monoisotopic (exact) mass is 293 g/mol. The van der Waals surface area contributed by atoms with Crippen molar-refractivity contribution in [1.82, 2.24) is 20.1 Å². The zero-order valence-corrected chi connectivity index (χ0v) is 11.9. The molecule has 8 heteroatoms. The normalized spacial score (nSPS) is 19.9. The van der Waals surface area contributed by atoms with Crippen LogP contribution in [-0.4, -0.2) is 50.3 Å². The van der Waals surface area contributed by atoms with E-state index >= 15 is 0 Å². The van der Waals surface area contributed by atoms with Crippen molar-refractivity contribution in [2.75, 3.05) is 18.4 Å². The fourth-order valence-corrected chi connectivity index (χ4v) is 2.58. The van der Waals surface area contributed by atoms with Crippen LogP contribution in [0.4, 0.5) is 10.7 Å². The van der Waals surface area contributed by atoms with Crippen molar-refractivity contribution in [2.24, 2.45) is 11.8 Å². The second-order valence-corrected chi connectivity index (χ2v) is 5.32. The number of carboxylic acid groups (broad SMARTS) is 1. The van der Waals surface area contributed by atoms with Crippen molar-refractivity contribution in [3.63, 3.8) is 0 Å². The number of carbonyl (C=O) groups excluding carboxylic acids is 1. The number of hydrogen-bond donors (Lipinski definition) is 2. The van der Waals surface area contributed by atoms with Gasteiger partial charge in [0, 0.05) is 19.5 Å². The van der Waals surface area contributed by atoms with Crippen LogP contribution >= 0.6 is 0 Å². The maximum Gasteiger partial charge on any atom is 0.324 e. The number of likely N-dealkylation sites (tertiary alicyclic amines) is 1. The lowest BCUT2D eigenvalue weighted by Crippen LogP contribution is -2.44. The molecule has 0 aromatic carbocycles. The van der Waals surface area contributed by atoms with E-state index in [1.807, 2.05) is 6.92 Å². The first-order chi connectivity index (χ1) is 10.1. The second kappa shape index (κ2) is 6.96. The van der Waals surface area contributed by atoms with Gasteiger partial charge in [0.05, 0.1) is 12.4 Å². The largest absolute Gasteiger partial charge is 0.481 e. The molecule has 2 N–H and O–H groups in total. The molecule has 1 aromatic heterocycles. The Morgan fingerprint density at radius 2 is 2.33 bits per heavy atom. The zero-order chi connectivity index (χ0) is 15.2. The Balaban J connectivity index is 1.91. The quantitative estimate of drug-likeness (QED) is 0.864.